The first-order valence-corrected chi connectivity index (χ1v) is 15.8. The second-order valence-corrected chi connectivity index (χ2v) is 11.4. The Hall–Kier alpha value is 0.110. The Bertz CT molecular complexity index is 400. The average Bonchev–Trinajstić information content (AvgIpc) is 2.78. The summed E-state index contributed by atoms with van der Waals surface area (Å²) in [6.07, 6.45) is 25.6. The molecule has 0 saturated carbocycles. The highest BCUT2D eigenvalue weighted by Gasteiger charge is 2.28. The Kier molecular flexibility index (Phi) is 24.3. The van der Waals surface area contributed by atoms with Crippen molar-refractivity contribution >= 4 is 7.75 Å². The van der Waals surface area contributed by atoms with E-state index >= 15 is 0 Å². The third-order valence-corrected chi connectivity index (χ3v) is 8.04. The van der Waals surface area contributed by atoms with Crippen molar-refractivity contribution in [3.8, 4) is 0 Å². The first-order valence-electron chi connectivity index (χ1n) is 14.3. The molecule has 0 aliphatic carbocycles. The minimum Gasteiger partial charge on any atom is -0.312 e. The fraction of sp³-hybridized carbons (Fsp3) is 1.00. The minimum absolute atomic E-state index is 0.406. The lowest BCUT2D eigenvalue weighted by atomic mass is 10.1. The highest BCUT2D eigenvalue weighted by molar-refractivity contribution is 7.50. The maximum atomic E-state index is 12.9. The van der Waals surface area contributed by atoms with E-state index in [9.17, 15) is 9.46 Å². The summed E-state index contributed by atoms with van der Waals surface area (Å²) in [4.78, 5) is 10.6. The molecular formula is C27H58NO3P. The standard InChI is InChI=1S/C27H58NO3P/c1-4-7-10-13-15-17-19-22-25-28(26-23-20-18-16-14-11-8-5-2)32(29,30)31-27-24-21-12-9-6-3/h4-27H2,1-3H3,(H,29,30). The molecular weight excluding hydrogens is 417 g/mol. The number of nitrogens with zero attached hydrogens (tertiary/aromatic N) is 1. The summed E-state index contributed by atoms with van der Waals surface area (Å²) < 4.78 is 20.3. The van der Waals surface area contributed by atoms with Crippen molar-refractivity contribution < 1.29 is 14.0 Å². The number of rotatable bonds is 26. The van der Waals surface area contributed by atoms with Crippen molar-refractivity contribution in [2.24, 2.45) is 0 Å². The topological polar surface area (TPSA) is 49.8 Å². The van der Waals surface area contributed by atoms with Crippen molar-refractivity contribution in [3.05, 3.63) is 0 Å². The summed E-state index contributed by atoms with van der Waals surface area (Å²) >= 11 is 0. The van der Waals surface area contributed by atoms with Gasteiger partial charge in [0, 0.05) is 13.1 Å². The third-order valence-electron chi connectivity index (χ3n) is 6.40. The predicted molar refractivity (Wildman–Crippen MR) is 141 cm³/mol. The Morgan fingerprint density at radius 2 is 0.844 bits per heavy atom. The molecule has 0 rings (SSSR count). The lowest BCUT2D eigenvalue weighted by Crippen LogP contribution is -2.24. The molecule has 0 radical (unpaired) electrons. The van der Waals surface area contributed by atoms with Gasteiger partial charge in [0.1, 0.15) is 0 Å². The highest BCUT2D eigenvalue weighted by atomic mass is 31.2. The molecule has 0 saturated heterocycles. The van der Waals surface area contributed by atoms with E-state index in [1.165, 1.54) is 96.3 Å². The van der Waals surface area contributed by atoms with Gasteiger partial charge in [-0.2, -0.15) is 0 Å². The van der Waals surface area contributed by atoms with Crippen molar-refractivity contribution in [3.63, 3.8) is 0 Å². The van der Waals surface area contributed by atoms with Crippen molar-refractivity contribution in [2.45, 2.75) is 156 Å². The summed E-state index contributed by atoms with van der Waals surface area (Å²) in [5.74, 6) is 0. The maximum absolute atomic E-state index is 12.9. The lowest BCUT2D eigenvalue weighted by molar-refractivity contribution is 0.194. The summed E-state index contributed by atoms with van der Waals surface area (Å²) in [7, 11) is -3.67. The average molecular weight is 476 g/mol. The van der Waals surface area contributed by atoms with E-state index in [4.69, 9.17) is 4.52 Å². The van der Waals surface area contributed by atoms with E-state index in [-0.39, 0.29) is 0 Å². The molecule has 0 spiro atoms. The van der Waals surface area contributed by atoms with Gasteiger partial charge in [-0.1, -0.05) is 136 Å². The van der Waals surface area contributed by atoms with E-state index < -0.39 is 7.75 Å². The Morgan fingerprint density at radius 1 is 0.531 bits per heavy atom. The second kappa shape index (κ2) is 24.2. The third kappa shape index (κ3) is 20.7. The van der Waals surface area contributed by atoms with Crippen molar-refractivity contribution in [1.29, 1.82) is 0 Å². The van der Waals surface area contributed by atoms with Crippen LogP contribution in [0.5, 0.6) is 0 Å². The molecule has 0 amide bonds. The van der Waals surface area contributed by atoms with E-state index in [2.05, 4.69) is 20.8 Å². The van der Waals surface area contributed by atoms with Crippen LogP contribution in [0.2, 0.25) is 0 Å². The normalized spacial score (nSPS) is 13.7. The van der Waals surface area contributed by atoms with Gasteiger partial charge in [0.2, 0.25) is 0 Å². The minimum atomic E-state index is -3.67. The quantitative estimate of drug-likeness (QED) is 0.0999. The van der Waals surface area contributed by atoms with Crippen LogP contribution < -0.4 is 0 Å². The van der Waals surface area contributed by atoms with Crippen LogP contribution in [-0.4, -0.2) is 29.3 Å². The molecule has 32 heavy (non-hydrogen) atoms. The van der Waals surface area contributed by atoms with Gasteiger partial charge in [0.25, 0.3) is 0 Å². The zero-order valence-electron chi connectivity index (χ0n) is 22.1. The van der Waals surface area contributed by atoms with Crippen molar-refractivity contribution in [2.75, 3.05) is 19.7 Å². The van der Waals surface area contributed by atoms with Crippen LogP contribution in [0.15, 0.2) is 0 Å². The molecule has 0 aliphatic heterocycles. The largest absolute Gasteiger partial charge is 0.405 e. The fourth-order valence-corrected chi connectivity index (χ4v) is 5.51. The van der Waals surface area contributed by atoms with Crippen LogP contribution in [-0.2, 0) is 9.09 Å². The second-order valence-electron chi connectivity index (χ2n) is 9.64. The highest BCUT2D eigenvalue weighted by Crippen LogP contribution is 2.46. The molecule has 1 atom stereocenters. The van der Waals surface area contributed by atoms with Gasteiger partial charge in [0.15, 0.2) is 0 Å². The smallest absolute Gasteiger partial charge is 0.312 e. The molecule has 0 heterocycles. The van der Waals surface area contributed by atoms with Gasteiger partial charge in [0.05, 0.1) is 6.61 Å². The van der Waals surface area contributed by atoms with Crippen LogP contribution in [0.25, 0.3) is 0 Å². The molecule has 4 nitrogen and oxygen atoms in total. The van der Waals surface area contributed by atoms with Crippen molar-refractivity contribution in [1.82, 2.24) is 4.67 Å². The van der Waals surface area contributed by atoms with Crippen LogP contribution >= 0.6 is 7.75 Å². The molecule has 0 aliphatic rings. The number of hydrogen-bond donors (Lipinski definition) is 1. The van der Waals surface area contributed by atoms with Crippen LogP contribution in [0.1, 0.15) is 156 Å². The summed E-state index contributed by atoms with van der Waals surface area (Å²) in [6, 6.07) is 0. The van der Waals surface area contributed by atoms with Crippen LogP contribution in [0.3, 0.4) is 0 Å². The Labute approximate surface area is 201 Å². The van der Waals surface area contributed by atoms with Gasteiger partial charge >= 0.3 is 7.75 Å². The molecule has 1 unspecified atom stereocenters. The van der Waals surface area contributed by atoms with E-state index in [0.29, 0.717) is 19.7 Å². The maximum Gasteiger partial charge on any atom is 0.405 e. The SMILES string of the molecule is CCCCCCCCCCN(CCCCCCCCCC)P(=O)(O)OCCCCCCC. The molecule has 1 N–H and O–H groups in total. The number of hydrogen-bond acceptors (Lipinski definition) is 2. The first-order chi connectivity index (χ1) is 15.6. The molecule has 194 valence electrons. The molecule has 0 aromatic rings. The molecule has 0 bridgehead atoms. The monoisotopic (exact) mass is 475 g/mol. The number of unbranched alkanes of at least 4 members (excludes halogenated alkanes) is 18. The van der Waals surface area contributed by atoms with Gasteiger partial charge in [-0.15, -0.1) is 0 Å². The van der Waals surface area contributed by atoms with Gasteiger partial charge < -0.3 is 4.89 Å². The van der Waals surface area contributed by atoms with Gasteiger partial charge in [-0.25, -0.2) is 9.24 Å². The van der Waals surface area contributed by atoms with Crippen LogP contribution in [0.4, 0.5) is 0 Å². The summed E-state index contributed by atoms with van der Waals surface area (Å²) in [5.41, 5.74) is 0. The van der Waals surface area contributed by atoms with Gasteiger partial charge in [-0.3, -0.25) is 4.52 Å². The van der Waals surface area contributed by atoms with E-state index in [1.807, 2.05) is 0 Å². The first kappa shape index (κ1) is 32.1. The summed E-state index contributed by atoms with van der Waals surface area (Å²) in [6.45, 7) is 8.49. The molecule has 5 heteroatoms. The lowest BCUT2D eigenvalue weighted by Gasteiger charge is -2.26. The predicted octanol–water partition coefficient (Wildman–Crippen LogP) is 9.66. The summed E-state index contributed by atoms with van der Waals surface area (Å²) in [5, 5.41) is 0. The molecule has 0 fully saturated rings. The molecule has 0 aromatic carbocycles. The zero-order valence-corrected chi connectivity index (χ0v) is 23.0. The molecule has 0 aromatic heterocycles. The van der Waals surface area contributed by atoms with E-state index in [1.54, 1.807) is 4.67 Å². The Morgan fingerprint density at radius 3 is 1.22 bits per heavy atom. The van der Waals surface area contributed by atoms with Crippen LogP contribution in [0, 0.1) is 0 Å². The van der Waals surface area contributed by atoms with E-state index in [0.717, 1.165) is 38.5 Å². The fourth-order valence-electron chi connectivity index (χ4n) is 4.19. The zero-order chi connectivity index (χ0) is 23.8. The van der Waals surface area contributed by atoms with Gasteiger partial charge in [-0.05, 0) is 19.3 Å². The Balaban J connectivity index is 4.24.